The minimum Gasteiger partial charge on any atom is -0.316 e. The van der Waals surface area contributed by atoms with Crippen LogP contribution in [0.15, 0.2) is 0 Å². The maximum atomic E-state index is 13.1. The van der Waals surface area contributed by atoms with Gasteiger partial charge in [-0.15, -0.1) is 0 Å². The van der Waals surface area contributed by atoms with Crippen molar-refractivity contribution < 1.29 is 4.39 Å². The van der Waals surface area contributed by atoms with Crippen molar-refractivity contribution in [3.05, 3.63) is 0 Å². The van der Waals surface area contributed by atoms with Crippen LogP contribution in [0.2, 0.25) is 0 Å². The van der Waals surface area contributed by atoms with E-state index in [0.29, 0.717) is 0 Å². The van der Waals surface area contributed by atoms with Gasteiger partial charge in [-0.1, -0.05) is 27.7 Å². The Balaban J connectivity index is 2.71. The molecule has 0 aromatic heterocycles. The molecule has 0 amide bonds. The van der Waals surface area contributed by atoms with Crippen LogP contribution >= 0.6 is 0 Å². The van der Waals surface area contributed by atoms with E-state index in [1.54, 1.807) is 0 Å². The Labute approximate surface area is 74.7 Å². The molecule has 1 fully saturated rings. The lowest BCUT2D eigenvalue weighted by atomic mass is 9.77. The summed E-state index contributed by atoms with van der Waals surface area (Å²) in [6.07, 6.45) is 0.115. The van der Waals surface area contributed by atoms with Crippen molar-refractivity contribution in [1.82, 2.24) is 5.32 Å². The Morgan fingerprint density at radius 2 is 1.92 bits per heavy atom. The lowest BCUT2D eigenvalue weighted by Crippen LogP contribution is -2.45. The van der Waals surface area contributed by atoms with Crippen molar-refractivity contribution in [2.75, 3.05) is 7.05 Å². The summed E-state index contributed by atoms with van der Waals surface area (Å²) >= 11 is 0. The van der Waals surface area contributed by atoms with E-state index in [4.69, 9.17) is 0 Å². The molecule has 0 spiro atoms. The van der Waals surface area contributed by atoms with Crippen LogP contribution in [0.4, 0.5) is 4.39 Å². The smallest absolute Gasteiger partial charge is 0.108 e. The maximum absolute atomic E-state index is 13.1. The Hall–Kier alpha value is -0.110. The van der Waals surface area contributed by atoms with Crippen molar-refractivity contribution in [1.29, 1.82) is 0 Å². The number of rotatable bonds is 2. The molecule has 3 unspecified atom stereocenters. The van der Waals surface area contributed by atoms with Gasteiger partial charge in [-0.2, -0.15) is 0 Å². The van der Waals surface area contributed by atoms with Crippen LogP contribution in [-0.2, 0) is 0 Å². The van der Waals surface area contributed by atoms with Crippen LogP contribution in [0.1, 0.15) is 34.1 Å². The summed E-state index contributed by atoms with van der Waals surface area (Å²) in [5.41, 5.74) is 0.0251. The molecule has 1 aliphatic rings. The highest BCUT2D eigenvalue weighted by Gasteiger charge is 2.58. The average Bonchev–Trinajstić information content (AvgIpc) is 2.38. The molecule has 12 heavy (non-hydrogen) atoms. The largest absolute Gasteiger partial charge is 0.316 e. The van der Waals surface area contributed by atoms with E-state index in [2.05, 4.69) is 26.1 Å². The van der Waals surface area contributed by atoms with Gasteiger partial charge in [0, 0.05) is 11.5 Å². The molecule has 2 heteroatoms. The molecule has 0 aromatic carbocycles. The van der Waals surface area contributed by atoms with Gasteiger partial charge in [0.05, 0.1) is 0 Å². The average molecular weight is 173 g/mol. The highest BCUT2D eigenvalue weighted by atomic mass is 19.1. The highest BCUT2D eigenvalue weighted by molar-refractivity contribution is 5.10. The SMILES string of the molecule is CNC(C(C)(C)C)C1(C)CC1F. The summed E-state index contributed by atoms with van der Waals surface area (Å²) in [6.45, 7) is 8.50. The molecule has 3 atom stereocenters. The van der Waals surface area contributed by atoms with Gasteiger partial charge in [-0.3, -0.25) is 0 Å². The molecule has 0 radical (unpaired) electrons. The first-order valence-electron chi connectivity index (χ1n) is 4.63. The normalized spacial score (nSPS) is 38.0. The maximum Gasteiger partial charge on any atom is 0.108 e. The molecule has 1 rings (SSSR count). The minimum absolute atomic E-state index is 0.118. The van der Waals surface area contributed by atoms with E-state index in [9.17, 15) is 4.39 Å². The number of alkyl halides is 1. The van der Waals surface area contributed by atoms with Gasteiger partial charge in [0.1, 0.15) is 6.17 Å². The van der Waals surface area contributed by atoms with Gasteiger partial charge >= 0.3 is 0 Å². The lowest BCUT2D eigenvalue weighted by Gasteiger charge is -2.35. The summed E-state index contributed by atoms with van der Waals surface area (Å²) in [6, 6.07) is 0.278. The fourth-order valence-electron chi connectivity index (χ4n) is 2.38. The first-order valence-corrected chi connectivity index (χ1v) is 4.63. The van der Waals surface area contributed by atoms with Crippen LogP contribution in [0.5, 0.6) is 0 Å². The van der Waals surface area contributed by atoms with E-state index in [-0.39, 0.29) is 16.9 Å². The summed E-state index contributed by atoms with van der Waals surface area (Å²) in [4.78, 5) is 0. The Kier molecular flexibility index (Phi) is 2.24. The quantitative estimate of drug-likeness (QED) is 0.676. The number of nitrogens with one attached hydrogen (secondary N) is 1. The van der Waals surface area contributed by atoms with Gasteiger partial charge in [0.15, 0.2) is 0 Å². The third-order valence-electron chi connectivity index (χ3n) is 2.99. The van der Waals surface area contributed by atoms with Crippen LogP contribution in [0.3, 0.4) is 0 Å². The Bertz CT molecular complexity index is 173. The molecule has 1 aliphatic carbocycles. The molecule has 0 heterocycles. The molecule has 1 N–H and O–H groups in total. The molecule has 0 aliphatic heterocycles. The second-order valence-corrected chi connectivity index (χ2v) is 5.27. The van der Waals surface area contributed by atoms with Gasteiger partial charge < -0.3 is 5.32 Å². The topological polar surface area (TPSA) is 12.0 Å². The van der Waals surface area contributed by atoms with E-state index >= 15 is 0 Å². The fraction of sp³-hybridized carbons (Fsp3) is 1.00. The highest BCUT2D eigenvalue weighted by Crippen LogP contribution is 2.54. The lowest BCUT2D eigenvalue weighted by molar-refractivity contribution is 0.173. The van der Waals surface area contributed by atoms with Gasteiger partial charge in [0.2, 0.25) is 0 Å². The second-order valence-electron chi connectivity index (χ2n) is 5.27. The predicted molar refractivity (Wildman–Crippen MR) is 49.9 cm³/mol. The fourth-order valence-corrected chi connectivity index (χ4v) is 2.38. The molecule has 0 saturated heterocycles. The summed E-state index contributed by atoms with van der Waals surface area (Å²) in [7, 11) is 1.92. The molecule has 1 nitrogen and oxygen atoms in total. The number of halogens is 1. The van der Waals surface area contributed by atoms with Gasteiger partial charge in [-0.25, -0.2) is 4.39 Å². The van der Waals surface area contributed by atoms with Crippen molar-refractivity contribution in [2.24, 2.45) is 10.8 Å². The summed E-state index contributed by atoms with van der Waals surface area (Å²) in [5, 5.41) is 3.23. The van der Waals surface area contributed by atoms with Crippen LogP contribution in [0, 0.1) is 10.8 Å². The third-order valence-corrected chi connectivity index (χ3v) is 2.99. The number of hydrogen-bond donors (Lipinski definition) is 1. The standard InChI is InChI=1S/C10H20FN/c1-9(2,3)8(12-5)10(4)6-7(10)11/h7-8,12H,6H2,1-5H3. The second kappa shape index (κ2) is 2.69. The van der Waals surface area contributed by atoms with E-state index in [1.165, 1.54) is 0 Å². The summed E-state index contributed by atoms with van der Waals surface area (Å²) in [5.74, 6) is 0. The first kappa shape index (κ1) is 9.97. The van der Waals surface area contributed by atoms with Crippen LogP contribution in [0.25, 0.3) is 0 Å². The zero-order chi connectivity index (χ0) is 9.57. The third kappa shape index (κ3) is 1.49. The molecular formula is C10H20FN. The molecule has 1 saturated carbocycles. The predicted octanol–water partition coefficient (Wildman–Crippen LogP) is 2.37. The Morgan fingerprint density at radius 1 is 1.50 bits per heavy atom. The van der Waals surface area contributed by atoms with Crippen LogP contribution in [-0.4, -0.2) is 19.3 Å². The van der Waals surface area contributed by atoms with E-state index < -0.39 is 6.17 Å². The van der Waals surface area contributed by atoms with Crippen LogP contribution < -0.4 is 5.32 Å². The molecule has 72 valence electrons. The zero-order valence-corrected chi connectivity index (χ0v) is 8.74. The molecule has 0 aromatic rings. The van der Waals surface area contributed by atoms with Crippen molar-refractivity contribution in [2.45, 2.75) is 46.3 Å². The summed E-state index contributed by atoms with van der Waals surface area (Å²) < 4.78 is 13.1. The van der Waals surface area contributed by atoms with Crippen molar-refractivity contribution in [3.63, 3.8) is 0 Å². The molecular weight excluding hydrogens is 153 g/mol. The van der Waals surface area contributed by atoms with E-state index in [1.807, 2.05) is 14.0 Å². The number of hydrogen-bond acceptors (Lipinski definition) is 1. The minimum atomic E-state index is -0.603. The van der Waals surface area contributed by atoms with E-state index in [0.717, 1.165) is 6.42 Å². The van der Waals surface area contributed by atoms with Crippen molar-refractivity contribution in [3.8, 4) is 0 Å². The zero-order valence-electron chi connectivity index (χ0n) is 8.74. The molecule has 0 bridgehead atoms. The Morgan fingerprint density at radius 3 is 2.00 bits per heavy atom. The first-order chi connectivity index (χ1) is 5.32. The van der Waals surface area contributed by atoms with Crippen molar-refractivity contribution >= 4 is 0 Å². The van der Waals surface area contributed by atoms with Gasteiger partial charge in [-0.05, 0) is 18.9 Å². The monoisotopic (exact) mass is 173 g/mol. The van der Waals surface area contributed by atoms with Gasteiger partial charge in [0.25, 0.3) is 0 Å².